The van der Waals surface area contributed by atoms with Crippen molar-refractivity contribution in [3.05, 3.63) is 77.9 Å². The lowest BCUT2D eigenvalue weighted by molar-refractivity contribution is 0.0950. The number of para-hydroxylation sites is 1. The molecule has 1 saturated carbocycles. The number of nitrogens with zero attached hydrogens (tertiary/aromatic N) is 3. The molecule has 1 N–H and O–H groups in total. The molecule has 1 aliphatic rings. The van der Waals surface area contributed by atoms with E-state index in [0.717, 1.165) is 12.0 Å². The summed E-state index contributed by atoms with van der Waals surface area (Å²) in [5, 5.41) is 10.8. The topological polar surface area (TPSA) is 59.8 Å². The average molecular weight is 322 g/mol. The van der Waals surface area contributed by atoms with Gasteiger partial charge in [-0.25, -0.2) is 9.07 Å². The fourth-order valence-corrected chi connectivity index (χ4v) is 2.88. The van der Waals surface area contributed by atoms with Gasteiger partial charge in [0.15, 0.2) is 0 Å². The number of rotatable bonds is 4. The van der Waals surface area contributed by atoms with Crippen LogP contribution in [0.25, 0.3) is 5.69 Å². The summed E-state index contributed by atoms with van der Waals surface area (Å²) < 4.78 is 14.6. The molecule has 2 atom stereocenters. The first-order valence-corrected chi connectivity index (χ1v) is 7.74. The van der Waals surface area contributed by atoms with E-state index in [-0.39, 0.29) is 23.7 Å². The van der Waals surface area contributed by atoms with Gasteiger partial charge in [-0.05, 0) is 36.2 Å². The van der Waals surface area contributed by atoms with Crippen LogP contribution >= 0.6 is 0 Å². The Morgan fingerprint density at radius 3 is 2.71 bits per heavy atom. The Morgan fingerprint density at radius 2 is 1.96 bits per heavy atom. The fraction of sp³-hybridized carbons (Fsp3) is 0.167. The Hall–Kier alpha value is -3.02. The van der Waals surface area contributed by atoms with E-state index in [0.29, 0.717) is 11.3 Å². The maximum absolute atomic E-state index is 13.0. The molecule has 1 aromatic heterocycles. The van der Waals surface area contributed by atoms with Crippen molar-refractivity contribution in [3.63, 3.8) is 0 Å². The lowest BCUT2D eigenvalue weighted by Crippen LogP contribution is -2.27. The van der Waals surface area contributed by atoms with Crippen molar-refractivity contribution in [2.75, 3.05) is 0 Å². The number of hydrogen-bond donors (Lipinski definition) is 1. The van der Waals surface area contributed by atoms with Gasteiger partial charge in [0.1, 0.15) is 5.82 Å². The van der Waals surface area contributed by atoms with Gasteiger partial charge < -0.3 is 5.32 Å². The first kappa shape index (κ1) is 14.6. The van der Waals surface area contributed by atoms with Crippen LogP contribution in [0.4, 0.5) is 4.39 Å². The molecule has 0 unspecified atom stereocenters. The van der Waals surface area contributed by atoms with Gasteiger partial charge in [0.25, 0.3) is 5.91 Å². The molecule has 0 radical (unpaired) electrons. The standard InChI is InChI=1S/C18H15FN4O/c19-13-7-5-12(6-8-13)15-11-16(15)21-18(24)14-3-1-2-4-17(14)23-10-9-20-22-23/h1-10,15-16H,11H2,(H,21,24)/t15-,16+/m0/s1. The molecule has 0 aliphatic heterocycles. The van der Waals surface area contributed by atoms with E-state index in [1.807, 2.05) is 18.2 Å². The third-order valence-electron chi connectivity index (χ3n) is 4.22. The number of carbonyl (C=O) groups is 1. The van der Waals surface area contributed by atoms with Crippen LogP contribution in [0.2, 0.25) is 0 Å². The van der Waals surface area contributed by atoms with Crippen molar-refractivity contribution in [2.24, 2.45) is 0 Å². The van der Waals surface area contributed by atoms with Gasteiger partial charge in [-0.2, -0.15) is 0 Å². The molecule has 1 aliphatic carbocycles. The molecule has 1 heterocycles. The molecule has 24 heavy (non-hydrogen) atoms. The minimum Gasteiger partial charge on any atom is -0.349 e. The third-order valence-corrected chi connectivity index (χ3v) is 4.22. The molecule has 1 amide bonds. The number of amides is 1. The number of hydrogen-bond acceptors (Lipinski definition) is 3. The highest BCUT2D eigenvalue weighted by molar-refractivity contribution is 5.98. The fourth-order valence-electron chi connectivity index (χ4n) is 2.88. The molecule has 1 fully saturated rings. The number of benzene rings is 2. The summed E-state index contributed by atoms with van der Waals surface area (Å²) in [5.74, 6) is -0.148. The summed E-state index contributed by atoms with van der Waals surface area (Å²) in [6.45, 7) is 0. The largest absolute Gasteiger partial charge is 0.349 e. The Morgan fingerprint density at radius 1 is 1.17 bits per heavy atom. The summed E-state index contributed by atoms with van der Waals surface area (Å²) >= 11 is 0. The molecular weight excluding hydrogens is 307 g/mol. The molecule has 0 saturated heterocycles. The van der Waals surface area contributed by atoms with Crippen LogP contribution in [-0.4, -0.2) is 26.9 Å². The highest BCUT2D eigenvalue weighted by Crippen LogP contribution is 2.41. The Bertz CT molecular complexity index is 861. The Kier molecular flexibility index (Phi) is 3.57. The maximum Gasteiger partial charge on any atom is 0.253 e. The highest BCUT2D eigenvalue weighted by Gasteiger charge is 2.39. The molecule has 120 valence electrons. The Balaban J connectivity index is 1.49. The summed E-state index contributed by atoms with van der Waals surface area (Å²) in [6.07, 6.45) is 4.13. The van der Waals surface area contributed by atoms with E-state index in [4.69, 9.17) is 0 Å². The monoisotopic (exact) mass is 322 g/mol. The molecule has 3 aromatic rings. The molecule has 0 spiro atoms. The van der Waals surface area contributed by atoms with Crippen LogP contribution in [0.5, 0.6) is 0 Å². The first-order chi connectivity index (χ1) is 11.7. The van der Waals surface area contributed by atoms with E-state index in [1.165, 1.54) is 12.1 Å². The van der Waals surface area contributed by atoms with E-state index in [1.54, 1.807) is 35.3 Å². The van der Waals surface area contributed by atoms with Crippen molar-refractivity contribution in [3.8, 4) is 5.69 Å². The quantitative estimate of drug-likeness (QED) is 0.803. The van der Waals surface area contributed by atoms with Crippen LogP contribution in [-0.2, 0) is 0 Å². The van der Waals surface area contributed by atoms with Gasteiger partial charge in [-0.3, -0.25) is 4.79 Å². The second kappa shape index (κ2) is 5.88. The van der Waals surface area contributed by atoms with Crippen LogP contribution in [0, 0.1) is 5.82 Å². The van der Waals surface area contributed by atoms with Gasteiger partial charge in [0, 0.05) is 12.0 Å². The van der Waals surface area contributed by atoms with Crippen molar-refractivity contribution >= 4 is 5.91 Å². The predicted octanol–water partition coefficient (Wildman–Crippen LogP) is 2.69. The lowest BCUT2D eigenvalue weighted by Gasteiger charge is -2.09. The second-order valence-corrected chi connectivity index (χ2v) is 5.84. The van der Waals surface area contributed by atoms with Gasteiger partial charge >= 0.3 is 0 Å². The van der Waals surface area contributed by atoms with Gasteiger partial charge in [-0.15, -0.1) is 5.10 Å². The lowest BCUT2D eigenvalue weighted by atomic mass is 10.1. The zero-order chi connectivity index (χ0) is 16.5. The summed E-state index contributed by atoms with van der Waals surface area (Å²) in [4.78, 5) is 12.6. The minimum atomic E-state index is -0.248. The Labute approximate surface area is 138 Å². The van der Waals surface area contributed by atoms with Crippen LogP contribution in [0.3, 0.4) is 0 Å². The van der Waals surface area contributed by atoms with E-state index in [2.05, 4.69) is 15.6 Å². The van der Waals surface area contributed by atoms with Gasteiger partial charge in [0.05, 0.1) is 23.6 Å². The van der Waals surface area contributed by atoms with Crippen LogP contribution in [0.1, 0.15) is 28.3 Å². The van der Waals surface area contributed by atoms with Crippen molar-refractivity contribution in [1.29, 1.82) is 0 Å². The van der Waals surface area contributed by atoms with Crippen LogP contribution in [0.15, 0.2) is 60.9 Å². The zero-order valence-electron chi connectivity index (χ0n) is 12.8. The summed E-state index contributed by atoms with van der Waals surface area (Å²) in [6, 6.07) is 13.8. The molecular formula is C18H15FN4O. The van der Waals surface area contributed by atoms with Gasteiger partial charge in [-0.1, -0.05) is 29.5 Å². The number of nitrogens with one attached hydrogen (secondary N) is 1. The van der Waals surface area contributed by atoms with Crippen LogP contribution < -0.4 is 5.32 Å². The zero-order valence-corrected chi connectivity index (χ0v) is 12.8. The first-order valence-electron chi connectivity index (χ1n) is 7.74. The van der Waals surface area contributed by atoms with Crippen molar-refractivity contribution < 1.29 is 9.18 Å². The molecule has 4 rings (SSSR count). The summed E-state index contributed by atoms with van der Waals surface area (Å²) in [5.41, 5.74) is 2.28. The van der Waals surface area contributed by atoms with E-state index in [9.17, 15) is 9.18 Å². The smallest absolute Gasteiger partial charge is 0.253 e. The second-order valence-electron chi connectivity index (χ2n) is 5.84. The van der Waals surface area contributed by atoms with E-state index < -0.39 is 0 Å². The number of aromatic nitrogens is 3. The average Bonchev–Trinajstić information content (AvgIpc) is 3.15. The summed E-state index contributed by atoms with van der Waals surface area (Å²) in [7, 11) is 0. The SMILES string of the molecule is O=C(N[C@@H]1C[C@H]1c1ccc(F)cc1)c1ccccc1-n1ccnn1. The number of halogens is 1. The molecule has 2 aromatic carbocycles. The normalized spacial score (nSPS) is 19.0. The van der Waals surface area contributed by atoms with E-state index >= 15 is 0 Å². The maximum atomic E-state index is 13.0. The van der Waals surface area contributed by atoms with Crippen molar-refractivity contribution in [1.82, 2.24) is 20.3 Å². The highest BCUT2D eigenvalue weighted by atomic mass is 19.1. The van der Waals surface area contributed by atoms with Crippen molar-refractivity contribution in [2.45, 2.75) is 18.4 Å². The molecule has 0 bridgehead atoms. The van der Waals surface area contributed by atoms with Gasteiger partial charge in [0.2, 0.25) is 0 Å². The number of carbonyl (C=O) groups excluding carboxylic acids is 1. The molecule has 6 heteroatoms. The minimum absolute atomic E-state index is 0.0757. The third kappa shape index (κ3) is 2.78. The predicted molar refractivity (Wildman–Crippen MR) is 86.4 cm³/mol. The molecule has 5 nitrogen and oxygen atoms in total.